The first kappa shape index (κ1) is 24.2. The van der Waals surface area contributed by atoms with E-state index in [-0.39, 0.29) is 23.8 Å². The first-order valence-electron chi connectivity index (χ1n) is 10.0. The number of benzene rings is 2. The molecule has 0 aliphatic heterocycles. The highest BCUT2D eigenvalue weighted by atomic mass is 15.4. The van der Waals surface area contributed by atoms with Crippen LogP contribution < -0.4 is 32.7 Å². The lowest BCUT2D eigenvalue weighted by molar-refractivity contribution is 0.736. The van der Waals surface area contributed by atoms with Crippen LogP contribution in [0.25, 0.3) is 0 Å². The fraction of sp³-hybridized carbons (Fsp3) is 0.273. The molecule has 0 saturated heterocycles. The van der Waals surface area contributed by atoms with Crippen molar-refractivity contribution in [2.45, 2.75) is 40.8 Å². The Morgan fingerprint density at radius 1 is 0.656 bits per heavy atom. The Morgan fingerprint density at radius 3 is 1.19 bits per heavy atom. The molecule has 2 aromatic carbocycles. The Hall–Kier alpha value is -4.08. The third-order valence-electron chi connectivity index (χ3n) is 4.64. The van der Waals surface area contributed by atoms with Crippen LogP contribution in [-0.2, 0) is 0 Å². The average Bonchev–Trinajstić information content (AvgIpc) is 2.58. The van der Waals surface area contributed by atoms with E-state index in [9.17, 15) is 0 Å². The van der Waals surface area contributed by atoms with Crippen molar-refractivity contribution >= 4 is 35.2 Å². The standard InChI is InChI=1S/C22H32N10/c1-12-6-13(2)9-17(8-12)31(21(27)29-19(23)24)16(5)32(22(28)30-20(25)26)18-10-14(3)7-15(4)11-18/h6-11,16H,1-5H3,(H5,23,24,27,29)(H5,25,26,28,30). The van der Waals surface area contributed by atoms with Crippen LogP contribution in [0, 0.1) is 38.5 Å². The van der Waals surface area contributed by atoms with Gasteiger partial charge in [0.2, 0.25) is 11.9 Å². The van der Waals surface area contributed by atoms with Crippen LogP contribution >= 0.6 is 0 Å². The molecule has 10 N–H and O–H groups in total. The van der Waals surface area contributed by atoms with Gasteiger partial charge in [-0.2, -0.15) is 9.98 Å². The van der Waals surface area contributed by atoms with Crippen LogP contribution in [0.2, 0.25) is 0 Å². The van der Waals surface area contributed by atoms with E-state index in [0.29, 0.717) is 11.4 Å². The van der Waals surface area contributed by atoms with Gasteiger partial charge in [0.15, 0.2) is 11.9 Å². The van der Waals surface area contributed by atoms with E-state index in [2.05, 4.69) is 9.98 Å². The van der Waals surface area contributed by atoms with Crippen LogP contribution in [0.4, 0.5) is 11.4 Å². The van der Waals surface area contributed by atoms with Gasteiger partial charge in [0.05, 0.1) is 0 Å². The van der Waals surface area contributed by atoms with E-state index in [0.717, 1.165) is 22.3 Å². The topological polar surface area (TPSA) is 183 Å². The molecular formula is C22H32N10. The lowest BCUT2D eigenvalue weighted by Gasteiger charge is -2.38. The highest BCUT2D eigenvalue weighted by molar-refractivity contribution is 6.06. The Balaban J connectivity index is 2.73. The quantitative estimate of drug-likeness (QED) is 0.242. The summed E-state index contributed by atoms with van der Waals surface area (Å²) in [5.74, 6) is -0.855. The summed E-state index contributed by atoms with van der Waals surface area (Å²) in [6.07, 6.45) is -0.636. The number of hydrogen-bond acceptors (Lipinski definition) is 2. The number of aryl methyl sites for hydroxylation is 4. The molecule has 10 heteroatoms. The minimum absolute atomic E-state index is 0.186. The van der Waals surface area contributed by atoms with E-state index in [1.54, 1.807) is 9.80 Å². The largest absolute Gasteiger partial charge is 0.370 e. The zero-order chi connectivity index (χ0) is 24.2. The Labute approximate surface area is 188 Å². The summed E-state index contributed by atoms with van der Waals surface area (Å²) in [7, 11) is 0. The third-order valence-corrected chi connectivity index (χ3v) is 4.64. The van der Waals surface area contributed by atoms with Gasteiger partial charge >= 0.3 is 0 Å². The summed E-state index contributed by atoms with van der Waals surface area (Å²) in [5, 5.41) is 17.2. The molecule has 0 amide bonds. The molecule has 0 heterocycles. The zero-order valence-electron chi connectivity index (χ0n) is 19.1. The molecule has 0 bridgehead atoms. The van der Waals surface area contributed by atoms with Crippen molar-refractivity contribution < 1.29 is 0 Å². The predicted molar refractivity (Wildman–Crippen MR) is 133 cm³/mol. The summed E-state index contributed by atoms with van der Waals surface area (Å²) in [4.78, 5) is 11.2. The van der Waals surface area contributed by atoms with Gasteiger partial charge in [-0.1, -0.05) is 12.1 Å². The molecule has 0 spiro atoms. The van der Waals surface area contributed by atoms with Gasteiger partial charge < -0.3 is 22.9 Å². The highest BCUT2D eigenvalue weighted by Gasteiger charge is 2.29. The molecule has 10 nitrogen and oxygen atoms in total. The lowest BCUT2D eigenvalue weighted by Crippen LogP contribution is -2.52. The molecule has 0 saturated carbocycles. The second-order valence-electron chi connectivity index (χ2n) is 7.78. The Morgan fingerprint density at radius 2 is 0.938 bits per heavy atom. The minimum Gasteiger partial charge on any atom is -0.370 e. The molecule has 170 valence electrons. The number of aliphatic imine (C=N–C) groups is 2. The first-order chi connectivity index (χ1) is 14.9. The minimum atomic E-state index is -0.636. The second-order valence-corrected chi connectivity index (χ2v) is 7.78. The Bertz CT molecular complexity index is 952. The molecule has 2 rings (SSSR count). The fourth-order valence-corrected chi connectivity index (χ4v) is 3.68. The molecule has 32 heavy (non-hydrogen) atoms. The van der Waals surface area contributed by atoms with Crippen molar-refractivity contribution in [3.05, 3.63) is 58.7 Å². The number of rotatable bonds is 4. The van der Waals surface area contributed by atoms with Crippen molar-refractivity contribution in [1.29, 1.82) is 10.8 Å². The summed E-state index contributed by atoms with van der Waals surface area (Å²) in [6, 6.07) is 11.7. The van der Waals surface area contributed by atoms with E-state index >= 15 is 0 Å². The molecule has 0 unspecified atom stereocenters. The SMILES string of the molecule is Cc1cc(C)cc(N(C(=N)N=C(N)N)C(C)N(C(=N)N=C(N)N)c2cc(C)cc(C)c2)c1. The van der Waals surface area contributed by atoms with E-state index < -0.39 is 6.17 Å². The monoisotopic (exact) mass is 436 g/mol. The van der Waals surface area contributed by atoms with Gasteiger partial charge in [0, 0.05) is 11.4 Å². The zero-order valence-corrected chi connectivity index (χ0v) is 19.1. The van der Waals surface area contributed by atoms with Crippen molar-refractivity contribution in [2.75, 3.05) is 9.80 Å². The molecule has 0 aliphatic carbocycles. The van der Waals surface area contributed by atoms with Gasteiger partial charge in [0.25, 0.3) is 0 Å². The molecule has 0 atom stereocenters. The summed E-state index contributed by atoms with van der Waals surface area (Å²) in [5.41, 5.74) is 27.7. The number of nitrogens with one attached hydrogen (secondary N) is 2. The number of nitrogens with zero attached hydrogens (tertiary/aromatic N) is 4. The molecule has 0 aliphatic rings. The fourth-order valence-electron chi connectivity index (χ4n) is 3.68. The van der Waals surface area contributed by atoms with Gasteiger partial charge in [-0.25, -0.2) is 0 Å². The van der Waals surface area contributed by atoms with Crippen LogP contribution in [-0.4, -0.2) is 30.0 Å². The number of guanidine groups is 4. The van der Waals surface area contributed by atoms with Crippen molar-refractivity contribution in [3.63, 3.8) is 0 Å². The maximum Gasteiger partial charge on any atom is 0.227 e. The van der Waals surface area contributed by atoms with Crippen molar-refractivity contribution in [1.82, 2.24) is 0 Å². The second kappa shape index (κ2) is 9.82. The molecular weight excluding hydrogens is 404 g/mol. The van der Waals surface area contributed by atoms with E-state index in [1.165, 1.54) is 0 Å². The highest BCUT2D eigenvalue weighted by Crippen LogP contribution is 2.28. The smallest absolute Gasteiger partial charge is 0.227 e. The number of anilines is 2. The van der Waals surface area contributed by atoms with Gasteiger partial charge in [-0.05, 0) is 81.1 Å². The lowest BCUT2D eigenvalue weighted by atomic mass is 10.1. The average molecular weight is 437 g/mol. The van der Waals surface area contributed by atoms with Crippen molar-refractivity contribution in [2.24, 2.45) is 32.9 Å². The van der Waals surface area contributed by atoms with Crippen LogP contribution in [0.3, 0.4) is 0 Å². The maximum atomic E-state index is 8.60. The molecule has 0 fully saturated rings. The van der Waals surface area contributed by atoms with Crippen LogP contribution in [0.5, 0.6) is 0 Å². The Kier molecular flexibility index (Phi) is 7.42. The summed E-state index contributed by atoms with van der Waals surface area (Å²) >= 11 is 0. The van der Waals surface area contributed by atoms with Gasteiger partial charge in [0.1, 0.15) is 6.17 Å². The van der Waals surface area contributed by atoms with Crippen LogP contribution in [0.1, 0.15) is 29.2 Å². The van der Waals surface area contributed by atoms with Crippen LogP contribution in [0.15, 0.2) is 46.4 Å². The van der Waals surface area contributed by atoms with E-state index in [4.69, 9.17) is 33.8 Å². The first-order valence-corrected chi connectivity index (χ1v) is 10.0. The van der Waals surface area contributed by atoms with Gasteiger partial charge in [-0.3, -0.25) is 20.6 Å². The van der Waals surface area contributed by atoms with E-state index in [1.807, 2.05) is 71.0 Å². The summed E-state index contributed by atoms with van der Waals surface area (Å²) in [6.45, 7) is 9.68. The van der Waals surface area contributed by atoms with Crippen molar-refractivity contribution in [3.8, 4) is 0 Å². The molecule has 2 aromatic rings. The summed E-state index contributed by atoms with van der Waals surface area (Å²) < 4.78 is 0. The molecule has 0 aromatic heterocycles. The predicted octanol–water partition coefficient (Wildman–Crippen LogP) is 2.00. The van der Waals surface area contributed by atoms with Gasteiger partial charge in [-0.15, -0.1) is 0 Å². The number of nitrogens with two attached hydrogens (primary N) is 4. The third kappa shape index (κ3) is 5.97. The maximum absolute atomic E-state index is 8.60. The normalized spacial score (nSPS) is 11.3. The molecule has 0 radical (unpaired) electrons. The number of hydrogen-bond donors (Lipinski definition) is 6.